The van der Waals surface area contributed by atoms with E-state index in [0.29, 0.717) is 18.8 Å². The Morgan fingerprint density at radius 2 is 1.67 bits per heavy atom. The summed E-state index contributed by atoms with van der Waals surface area (Å²) in [5, 5.41) is 2.71. The van der Waals surface area contributed by atoms with Crippen LogP contribution in [0.2, 0.25) is 0 Å². The fraction of sp³-hybridized carbons (Fsp3) is 0.333. The monoisotopic (exact) mass is 366 g/mol. The maximum absolute atomic E-state index is 12.5. The summed E-state index contributed by atoms with van der Waals surface area (Å²) in [5.41, 5.74) is 3.96. The number of aryl methyl sites for hydroxylation is 1. The molecule has 0 bridgehead atoms. The molecule has 0 spiro atoms. The summed E-state index contributed by atoms with van der Waals surface area (Å²) < 4.78 is 0. The summed E-state index contributed by atoms with van der Waals surface area (Å²) in [5.74, 6) is -1.07. The zero-order valence-electron chi connectivity index (χ0n) is 16.1. The molecule has 1 aliphatic heterocycles. The lowest BCUT2D eigenvalue weighted by Crippen LogP contribution is -2.51. The van der Waals surface area contributed by atoms with Crippen molar-refractivity contribution in [3.63, 3.8) is 0 Å². The van der Waals surface area contributed by atoms with Crippen molar-refractivity contribution in [2.45, 2.75) is 6.92 Å². The molecule has 6 nitrogen and oxygen atoms in total. The number of nitrogens with zero attached hydrogens (tertiary/aromatic N) is 3. The molecule has 2 amide bonds. The van der Waals surface area contributed by atoms with Crippen LogP contribution in [0.25, 0.3) is 0 Å². The number of nitrogens with one attached hydrogen (secondary N) is 1. The highest BCUT2D eigenvalue weighted by Gasteiger charge is 2.26. The van der Waals surface area contributed by atoms with E-state index < -0.39 is 11.8 Å². The van der Waals surface area contributed by atoms with Gasteiger partial charge in [-0.05, 0) is 42.8 Å². The van der Waals surface area contributed by atoms with Crippen LogP contribution in [0.5, 0.6) is 0 Å². The van der Waals surface area contributed by atoms with E-state index in [4.69, 9.17) is 0 Å². The molecule has 0 aromatic heterocycles. The predicted octanol–water partition coefficient (Wildman–Crippen LogP) is 2.35. The zero-order valence-corrected chi connectivity index (χ0v) is 16.1. The van der Waals surface area contributed by atoms with Gasteiger partial charge in [-0.2, -0.15) is 0 Å². The highest BCUT2D eigenvalue weighted by Crippen LogP contribution is 2.19. The molecule has 2 aromatic rings. The number of benzene rings is 2. The Balaban J connectivity index is 1.57. The first kappa shape index (κ1) is 18.8. The predicted molar refractivity (Wildman–Crippen MR) is 109 cm³/mol. The van der Waals surface area contributed by atoms with Crippen molar-refractivity contribution in [2.24, 2.45) is 0 Å². The third-order valence-corrected chi connectivity index (χ3v) is 4.75. The zero-order chi connectivity index (χ0) is 19.4. The molecule has 0 atom stereocenters. The Morgan fingerprint density at radius 3 is 2.33 bits per heavy atom. The molecule has 0 radical (unpaired) electrons. The summed E-state index contributed by atoms with van der Waals surface area (Å²) in [6, 6.07) is 15.8. The van der Waals surface area contributed by atoms with Gasteiger partial charge in [-0.15, -0.1) is 0 Å². The van der Waals surface area contributed by atoms with Crippen LogP contribution >= 0.6 is 0 Å². The van der Waals surface area contributed by atoms with Crippen molar-refractivity contribution in [1.29, 1.82) is 0 Å². The third-order valence-electron chi connectivity index (χ3n) is 4.75. The number of amides is 2. The molecule has 6 heteroatoms. The summed E-state index contributed by atoms with van der Waals surface area (Å²) in [4.78, 5) is 30.7. The van der Waals surface area contributed by atoms with E-state index in [1.165, 1.54) is 5.56 Å². The normalized spacial score (nSPS) is 14.0. The molecule has 142 valence electrons. The Labute approximate surface area is 160 Å². The van der Waals surface area contributed by atoms with Gasteiger partial charge in [0.25, 0.3) is 0 Å². The number of hydrogen-bond acceptors (Lipinski definition) is 4. The molecule has 0 unspecified atom stereocenters. The second kappa shape index (κ2) is 8.12. The van der Waals surface area contributed by atoms with Crippen molar-refractivity contribution in [2.75, 3.05) is 55.4 Å². The number of carbonyl (C=O) groups excluding carboxylic acids is 2. The van der Waals surface area contributed by atoms with Crippen molar-refractivity contribution < 1.29 is 9.59 Å². The van der Waals surface area contributed by atoms with Gasteiger partial charge in [0.1, 0.15) is 0 Å². The van der Waals surface area contributed by atoms with Gasteiger partial charge in [-0.3, -0.25) is 9.59 Å². The van der Waals surface area contributed by atoms with Crippen LogP contribution in [-0.4, -0.2) is 57.0 Å². The van der Waals surface area contributed by atoms with E-state index in [1.807, 2.05) is 43.3 Å². The van der Waals surface area contributed by atoms with Crippen LogP contribution in [0.1, 0.15) is 5.56 Å². The second-order valence-corrected chi connectivity index (χ2v) is 7.02. The fourth-order valence-electron chi connectivity index (χ4n) is 3.18. The van der Waals surface area contributed by atoms with Crippen molar-refractivity contribution in [1.82, 2.24) is 4.90 Å². The van der Waals surface area contributed by atoms with E-state index in [2.05, 4.69) is 35.3 Å². The molecule has 27 heavy (non-hydrogen) atoms. The molecule has 1 N–H and O–H groups in total. The summed E-state index contributed by atoms with van der Waals surface area (Å²) in [7, 11) is 3.86. The van der Waals surface area contributed by atoms with E-state index in [9.17, 15) is 9.59 Å². The van der Waals surface area contributed by atoms with E-state index >= 15 is 0 Å². The Kier molecular flexibility index (Phi) is 5.64. The van der Waals surface area contributed by atoms with Gasteiger partial charge in [-0.1, -0.05) is 18.2 Å². The summed E-state index contributed by atoms with van der Waals surface area (Å²) in [6.07, 6.45) is 0. The minimum absolute atomic E-state index is 0.478. The van der Waals surface area contributed by atoms with Gasteiger partial charge in [0.05, 0.1) is 0 Å². The fourth-order valence-corrected chi connectivity index (χ4v) is 3.18. The summed E-state index contributed by atoms with van der Waals surface area (Å²) in [6.45, 7) is 4.59. The van der Waals surface area contributed by atoms with Crippen molar-refractivity contribution >= 4 is 28.9 Å². The largest absolute Gasteiger partial charge is 0.378 e. The molecule has 1 saturated heterocycles. The van der Waals surface area contributed by atoms with Crippen LogP contribution in [0.4, 0.5) is 17.1 Å². The number of rotatable bonds is 3. The van der Waals surface area contributed by atoms with E-state index in [0.717, 1.165) is 24.5 Å². The molecule has 1 heterocycles. The molecular weight excluding hydrogens is 340 g/mol. The van der Waals surface area contributed by atoms with Crippen molar-refractivity contribution in [3.05, 3.63) is 54.1 Å². The maximum Gasteiger partial charge on any atom is 0.313 e. The smallest absolute Gasteiger partial charge is 0.313 e. The van der Waals surface area contributed by atoms with Gasteiger partial charge in [0.2, 0.25) is 0 Å². The van der Waals surface area contributed by atoms with E-state index in [-0.39, 0.29) is 0 Å². The average Bonchev–Trinajstić information content (AvgIpc) is 2.67. The van der Waals surface area contributed by atoms with Crippen LogP contribution in [0.15, 0.2) is 48.5 Å². The lowest BCUT2D eigenvalue weighted by molar-refractivity contribution is -0.143. The van der Waals surface area contributed by atoms with Gasteiger partial charge in [0.15, 0.2) is 0 Å². The highest BCUT2D eigenvalue weighted by molar-refractivity contribution is 6.39. The number of carbonyl (C=O) groups is 2. The van der Waals surface area contributed by atoms with Gasteiger partial charge in [-0.25, -0.2) is 0 Å². The number of piperazine rings is 1. The quantitative estimate of drug-likeness (QED) is 0.848. The topological polar surface area (TPSA) is 55.9 Å². The Morgan fingerprint density at radius 1 is 0.963 bits per heavy atom. The lowest BCUT2D eigenvalue weighted by Gasteiger charge is -2.35. The molecule has 3 rings (SSSR count). The Hall–Kier alpha value is -3.02. The lowest BCUT2D eigenvalue weighted by atomic mass is 10.2. The first-order chi connectivity index (χ1) is 12.9. The molecule has 0 saturated carbocycles. The van der Waals surface area contributed by atoms with Crippen molar-refractivity contribution in [3.8, 4) is 0 Å². The van der Waals surface area contributed by atoms with Crippen LogP contribution in [0, 0.1) is 6.92 Å². The second-order valence-electron chi connectivity index (χ2n) is 7.02. The van der Waals surface area contributed by atoms with E-state index in [1.54, 1.807) is 11.0 Å². The Bertz CT molecular complexity index is 826. The summed E-state index contributed by atoms with van der Waals surface area (Å²) >= 11 is 0. The van der Waals surface area contributed by atoms with Gasteiger partial charge < -0.3 is 20.0 Å². The number of hydrogen-bond donors (Lipinski definition) is 1. The standard InChI is InChI=1S/C21H26N4O2/c1-16-6-4-9-19(14-16)24-10-12-25(13-11-24)21(27)20(26)22-17-7-5-8-18(15-17)23(2)3/h4-9,14-15H,10-13H2,1-3H3,(H,22,26). The van der Waals surface area contributed by atoms with Crippen LogP contribution < -0.4 is 15.1 Å². The molecule has 0 aliphatic carbocycles. The minimum Gasteiger partial charge on any atom is -0.378 e. The molecule has 1 fully saturated rings. The number of anilines is 3. The minimum atomic E-state index is -0.588. The van der Waals surface area contributed by atoms with Gasteiger partial charge in [0, 0.05) is 57.3 Å². The molecular formula is C21H26N4O2. The first-order valence-electron chi connectivity index (χ1n) is 9.13. The average molecular weight is 366 g/mol. The SMILES string of the molecule is Cc1cccc(N2CCN(C(=O)C(=O)Nc3cccc(N(C)C)c3)CC2)c1. The van der Waals surface area contributed by atoms with Gasteiger partial charge >= 0.3 is 11.8 Å². The molecule has 1 aliphatic rings. The van der Waals surface area contributed by atoms with Crippen LogP contribution in [0.3, 0.4) is 0 Å². The first-order valence-corrected chi connectivity index (χ1v) is 9.13. The highest BCUT2D eigenvalue weighted by atomic mass is 16.2. The third kappa shape index (κ3) is 4.58. The van der Waals surface area contributed by atoms with Crippen LogP contribution in [-0.2, 0) is 9.59 Å². The maximum atomic E-state index is 12.5. The molecule has 2 aromatic carbocycles.